The second-order valence-electron chi connectivity index (χ2n) is 5.39. The summed E-state index contributed by atoms with van der Waals surface area (Å²) in [5, 5.41) is 3.34. The molecule has 0 spiro atoms. The molecule has 1 aliphatic rings. The van der Waals surface area contributed by atoms with Crippen molar-refractivity contribution >= 4 is 0 Å². The Morgan fingerprint density at radius 2 is 2.06 bits per heavy atom. The Hall–Kier alpha value is -1.09. The molecule has 17 heavy (non-hydrogen) atoms. The fourth-order valence-corrected chi connectivity index (χ4v) is 2.25. The predicted octanol–water partition coefficient (Wildman–Crippen LogP) is 2.30. The SMILES string of the molecule is Cc1cc(C)n(C2CC2)c(=O)c1CNC(C)C. The summed E-state index contributed by atoms with van der Waals surface area (Å²) in [5.41, 5.74) is 3.34. The second kappa shape index (κ2) is 4.65. The first kappa shape index (κ1) is 12.4. The highest BCUT2D eigenvalue weighted by Crippen LogP contribution is 2.34. The molecule has 3 heteroatoms. The van der Waals surface area contributed by atoms with Gasteiger partial charge in [-0.2, -0.15) is 0 Å². The maximum Gasteiger partial charge on any atom is 0.255 e. The molecule has 0 bridgehead atoms. The normalized spacial score (nSPS) is 15.6. The van der Waals surface area contributed by atoms with Gasteiger partial charge < -0.3 is 9.88 Å². The zero-order valence-electron chi connectivity index (χ0n) is 11.2. The molecular formula is C14H22N2O. The van der Waals surface area contributed by atoms with Crippen LogP contribution in [0.5, 0.6) is 0 Å². The van der Waals surface area contributed by atoms with Gasteiger partial charge in [0.25, 0.3) is 5.56 Å². The third-order valence-corrected chi connectivity index (χ3v) is 3.36. The average Bonchev–Trinajstić information content (AvgIpc) is 3.00. The van der Waals surface area contributed by atoms with Crippen molar-refractivity contribution in [3.05, 3.63) is 33.2 Å². The fraction of sp³-hybridized carbons (Fsp3) is 0.643. The summed E-state index contributed by atoms with van der Waals surface area (Å²) >= 11 is 0. The number of nitrogens with zero attached hydrogens (tertiary/aromatic N) is 1. The molecule has 0 atom stereocenters. The minimum absolute atomic E-state index is 0.207. The van der Waals surface area contributed by atoms with Crippen molar-refractivity contribution in [1.82, 2.24) is 9.88 Å². The zero-order valence-corrected chi connectivity index (χ0v) is 11.2. The maximum absolute atomic E-state index is 12.4. The van der Waals surface area contributed by atoms with Crippen LogP contribution in [0.3, 0.4) is 0 Å². The molecule has 0 saturated heterocycles. The van der Waals surface area contributed by atoms with E-state index in [1.165, 1.54) is 0 Å². The minimum atomic E-state index is 0.207. The maximum atomic E-state index is 12.4. The van der Waals surface area contributed by atoms with Crippen LogP contribution in [0.15, 0.2) is 10.9 Å². The standard InChI is InChI=1S/C14H22N2O/c1-9(2)15-8-13-10(3)7-11(4)16(14(13)17)12-5-6-12/h7,9,12,15H,5-6,8H2,1-4H3. The van der Waals surface area contributed by atoms with Crippen molar-refractivity contribution in [1.29, 1.82) is 0 Å². The number of aryl methyl sites for hydroxylation is 2. The predicted molar refractivity (Wildman–Crippen MR) is 70.4 cm³/mol. The molecule has 1 aromatic heterocycles. The van der Waals surface area contributed by atoms with E-state index >= 15 is 0 Å². The summed E-state index contributed by atoms with van der Waals surface area (Å²) in [6, 6.07) is 3.00. The fourth-order valence-electron chi connectivity index (χ4n) is 2.25. The number of rotatable bonds is 4. The van der Waals surface area contributed by atoms with Gasteiger partial charge in [0.1, 0.15) is 0 Å². The van der Waals surface area contributed by atoms with Gasteiger partial charge in [0.05, 0.1) is 0 Å². The van der Waals surface area contributed by atoms with Crippen molar-refractivity contribution in [3.63, 3.8) is 0 Å². The third kappa shape index (κ3) is 2.60. The first-order chi connectivity index (χ1) is 8.00. The molecule has 0 unspecified atom stereocenters. The number of hydrogen-bond acceptors (Lipinski definition) is 2. The van der Waals surface area contributed by atoms with E-state index in [2.05, 4.69) is 25.2 Å². The third-order valence-electron chi connectivity index (χ3n) is 3.36. The lowest BCUT2D eigenvalue weighted by atomic mass is 10.1. The van der Waals surface area contributed by atoms with Crippen LogP contribution in [-0.4, -0.2) is 10.6 Å². The number of hydrogen-bond donors (Lipinski definition) is 1. The zero-order chi connectivity index (χ0) is 12.6. The topological polar surface area (TPSA) is 34.0 Å². The van der Waals surface area contributed by atoms with Crippen molar-refractivity contribution in [3.8, 4) is 0 Å². The molecule has 0 aliphatic heterocycles. The van der Waals surface area contributed by atoms with Gasteiger partial charge in [-0.25, -0.2) is 0 Å². The highest BCUT2D eigenvalue weighted by atomic mass is 16.1. The molecular weight excluding hydrogens is 212 g/mol. The summed E-state index contributed by atoms with van der Waals surface area (Å²) in [4.78, 5) is 12.4. The van der Waals surface area contributed by atoms with Crippen LogP contribution in [0.25, 0.3) is 0 Å². The highest BCUT2D eigenvalue weighted by molar-refractivity contribution is 5.27. The van der Waals surface area contributed by atoms with Gasteiger partial charge in [0.2, 0.25) is 0 Å². The summed E-state index contributed by atoms with van der Waals surface area (Å²) in [6.07, 6.45) is 2.31. The van der Waals surface area contributed by atoms with Gasteiger partial charge in [-0.1, -0.05) is 13.8 Å². The lowest BCUT2D eigenvalue weighted by Gasteiger charge is -2.15. The van der Waals surface area contributed by atoms with Gasteiger partial charge in [-0.05, 0) is 38.3 Å². The van der Waals surface area contributed by atoms with E-state index in [4.69, 9.17) is 0 Å². The van der Waals surface area contributed by atoms with Gasteiger partial charge in [-0.3, -0.25) is 4.79 Å². The molecule has 3 nitrogen and oxygen atoms in total. The van der Waals surface area contributed by atoms with Gasteiger partial charge in [0.15, 0.2) is 0 Å². The van der Waals surface area contributed by atoms with Crippen molar-refractivity contribution in [2.45, 2.75) is 59.2 Å². The Bertz CT molecular complexity index is 470. The lowest BCUT2D eigenvalue weighted by Crippen LogP contribution is -2.31. The van der Waals surface area contributed by atoms with Crippen molar-refractivity contribution in [2.75, 3.05) is 0 Å². The highest BCUT2D eigenvalue weighted by Gasteiger charge is 2.27. The van der Waals surface area contributed by atoms with Crippen molar-refractivity contribution in [2.24, 2.45) is 0 Å². The molecule has 1 aromatic rings. The average molecular weight is 234 g/mol. The molecule has 0 radical (unpaired) electrons. The number of aromatic nitrogens is 1. The number of pyridine rings is 1. The van der Waals surface area contributed by atoms with E-state index in [9.17, 15) is 4.79 Å². The molecule has 2 rings (SSSR count). The van der Waals surface area contributed by atoms with E-state index in [1.54, 1.807) is 0 Å². The van der Waals surface area contributed by atoms with E-state index in [0.717, 1.165) is 29.7 Å². The van der Waals surface area contributed by atoms with Gasteiger partial charge in [-0.15, -0.1) is 0 Å². The molecule has 1 aliphatic carbocycles. The minimum Gasteiger partial charge on any atom is -0.310 e. The van der Waals surface area contributed by atoms with Crippen LogP contribution in [0.4, 0.5) is 0 Å². The quantitative estimate of drug-likeness (QED) is 0.867. The van der Waals surface area contributed by atoms with Crippen LogP contribution >= 0.6 is 0 Å². The molecule has 1 fully saturated rings. The molecule has 1 N–H and O–H groups in total. The molecule has 0 aromatic carbocycles. The van der Waals surface area contributed by atoms with Crippen molar-refractivity contribution < 1.29 is 0 Å². The second-order valence-corrected chi connectivity index (χ2v) is 5.39. The van der Waals surface area contributed by atoms with Crippen LogP contribution in [0.2, 0.25) is 0 Å². The summed E-state index contributed by atoms with van der Waals surface area (Å²) < 4.78 is 1.98. The number of nitrogens with one attached hydrogen (secondary N) is 1. The Morgan fingerprint density at radius 1 is 1.41 bits per heavy atom. The largest absolute Gasteiger partial charge is 0.310 e. The first-order valence-corrected chi connectivity index (χ1v) is 6.45. The molecule has 94 valence electrons. The summed E-state index contributed by atoms with van der Waals surface area (Å²) in [7, 11) is 0. The van der Waals surface area contributed by atoms with Gasteiger partial charge >= 0.3 is 0 Å². The van der Waals surface area contributed by atoms with Crippen LogP contribution in [0.1, 0.15) is 49.6 Å². The van der Waals surface area contributed by atoms with Crippen LogP contribution in [0, 0.1) is 13.8 Å². The van der Waals surface area contributed by atoms with Gasteiger partial charge in [0, 0.05) is 29.9 Å². The monoisotopic (exact) mass is 234 g/mol. The molecule has 1 saturated carbocycles. The van der Waals surface area contributed by atoms with Crippen LogP contribution < -0.4 is 10.9 Å². The lowest BCUT2D eigenvalue weighted by molar-refractivity contribution is 0.574. The van der Waals surface area contributed by atoms with Crippen LogP contribution in [-0.2, 0) is 6.54 Å². The summed E-state index contributed by atoms with van der Waals surface area (Å²) in [6.45, 7) is 8.94. The van der Waals surface area contributed by atoms with E-state index in [-0.39, 0.29) is 5.56 Å². The van der Waals surface area contributed by atoms with E-state index < -0.39 is 0 Å². The Balaban J connectivity index is 2.37. The Labute approximate surface area is 103 Å². The first-order valence-electron chi connectivity index (χ1n) is 6.45. The molecule has 1 heterocycles. The van der Waals surface area contributed by atoms with E-state index in [1.807, 2.05) is 18.4 Å². The smallest absolute Gasteiger partial charge is 0.255 e. The van der Waals surface area contributed by atoms with E-state index in [0.29, 0.717) is 18.6 Å². The summed E-state index contributed by atoms with van der Waals surface area (Å²) in [5.74, 6) is 0. The Morgan fingerprint density at radius 3 is 2.59 bits per heavy atom. The Kier molecular flexibility index (Phi) is 3.38. The molecule has 0 amide bonds.